The summed E-state index contributed by atoms with van der Waals surface area (Å²) in [6.45, 7) is 2.00. The molecule has 0 saturated heterocycles. The molecule has 6 nitrogen and oxygen atoms in total. The van der Waals surface area contributed by atoms with Crippen molar-refractivity contribution in [2.75, 3.05) is 45.1 Å². The van der Waals surface area contributed by atoms with Crippen molar-refractivity contribution in [1.29, 1.82) is 0 Å². The summed E-state index contributed by atoms with van der Waals surface area (Å²) < 4.78 is 5.81. The Morgan fingerprint density at radius 1 is 1.12 bits per heavy atom. The molecule has 1 aliphatic rings. The van der Waals surface area contributed by atoms with Gasteiger partial charge in [-0.05, 0) is 67.2 Å². The van der Waals surface area contributed by atoms with Crippen LogP contribution in [0, 0.1) is 0 Å². The fourth-order valence-corrected chi connectivity index (χ4v) is 4.25. The van der Waals surface area contributed by atoms with Gasteiger partial charge in [-0.1, -0.05) is 30.0 Å². The number of hydrogen-bond donors (Lipinski definition) is 1. The molecule has 2 heterocycles. The minimum atomic E-state index is -0.125. The molecule has 0 atom stereocenters. The molecule has 172 valence electrons. The molecule has 4 aromatic rings. The molecular formula is C26H27ClKN3O3. The van der Waals surface area contributed by atoms with Crippen LogP contribution >= 0.6 is 11.6 Å². The van der Waals surface area contributed by atoms with Crippen molar-refractivity contribution in [2.45, 2.75) is 6.42 Å². The van der Waals surface area contributed by atoms with Crippen molar-refractivity contribution in [3.8, 4) is 11.5 Å². The van der Waals surface area contributed by atoms with E-state index in [-0.39, 0.29) is 63.0 Å². The van der Waals surface area contributed by atoms with Crippen LogP contribution in [-0.2, 0) is 6.42 Å². The van der Waals surface area contributed by atoms with E-state index in [0.717, 1.165) is 46.3 Å². The Kier molecular flexibility index (Phi) is 9.46. The van der Waals surface area contributed by atoms with E-state index in [0.29, 0.717) is 24.2 Å². The Morgan fingerprint density at radius 2 is 1.85 bits per heavy atom. The molecule has 1 amide bonds. The average Bonchev–Trinajstić information content (AvgIpc) is 3.44. The Morgan fingerprint density at radius 3 is 2.59 bits per heavy atom. The monoisotopic (exact) mass is 503 g/mol. The average molecular weight is 504 g/mol. The van der Waals surface area contributed by atoms with Crippen molar-refractivity contribution >= 4 is 44.9 Å². The van der Waals surface area contributed by atoms with Crippen LogP contribution in [-0.4, -0.2) is 56.0 Å². The number of alkyl halides is 1. The molecule has 0 bridgehead atoms. The van der Waals surface area contributed by atoms with Gasteiger partial charge in [0.25, 0.3) is 5.91 Å². The summed E-state index contributed by atoms with van der Waals surface area (Å²) in [4.78, 5) is 20.3. The van der Waals surface area contributed by atoms with Crippen LogP contribution in [0.5, 0.6) is 11.5 Å². The number of H-pyrrole nitrogens is 1. The number of nitrogens with zero attached hydrogens (tertiary/aromatic N) is 2. The van der Waals surface area contributed by atoms with Crippen molar-refractivity contribution in [3.63, 3.8) is 0 Å². The molecule has 0 unspecified atom stereocenters. The summed E-state index contributed by atoms with van der Waals surface area (Å²) in [7, 11) is 4.01. The first-order valence-electron chi connectivity index (χ1n) is 10.8. The SMILES string of the molecule is CCl.CN(C)CCOc1ccc2[nH]c(C(=O)N3CCc4c3cc([O-])c3ccccc43)cc2c1.[K+]. The van der Waals surface area contributed by atoms with Crippen LogP contribution in [0.25, 0.3) is 21.7 Å². The number of aromatic amines is 1. The summed E-state index contributed by atoms with van der Waals surface area (Å²) in [5.41, 5.74) is 3.18. The maximum atomic E-state index is 13.3. The van der Waals surface area contributed by atoms with Gasteiger partial charge in [0.1, 0.15) is 18.1 Å². The van der Waals surface area contributed by atoms with E-state index in [1.54, 1.807) is 11.0 Å². The first-order chi connectivity index (χ1) is 16.0. The summed E-state index contributed by atoms with van der Waals surface area (Å²) in [6, 6.07) is 16.8. The van der Waals surface area contributed by atoms with Gasteiger partial charge in [0.05, 0.1) is 0 Å². The Balaban J connectivity index is 0.00000105. The predicted molar refractivity (Wildman–Crippen MR) is 133 cm³/mol. The molecule has 1 N–H and O–H groups in total. The molecule has 0 spiro atoms. The Labute approximate surface area is 247 Å². The van der Waals surface area contributed by atoms with Gasteiger partial charge in [0.15, 0.2) is 0 Å². The Hall–Kier alpha value is -1.58. The Bertz CT molecular complexity index is 1310. The van der Waals surface area contributed by atoms with E-state index in [1.807, 2.05) is 62.6 Å². The van der Waals surface area contributed by atoms with Crippen LogP contribution < -0.4 is 66.1 Å². The smallest absolute Gasteiger partial charge is 0.872 e. The molecule has 1 aromatic heterocycles. The van der Waals surface area contributed by atoms with Crippen LogP contribution in [0.3, 0.4) is 0 Å². The van der Waals surface area contributed by atoms with Gasteiger partial charge in [0, 0.05) is 36.1 Å². The number of anilines is 1. The van der Waals surface area contributed by atoms with Crippen LogP contribution in [0.2, 0.25) is 0 Å². The number of fused-ring (bicyclic) bond motifs is 4. The number of rotatable bonds is 5. The van der Waals surface area contributed by atoms with E-state index >= 15 is 0 Å². The number of likely N-dealkylation sites (N-methyl/N-ethyl adjacent to an activating group) is 1. The summed E-state index contributed by atoms with van der Waals surface area (Å²) >= 11 is 4.64. The number of benzene rings is 3. The van der Waals surface area contributed by atoms with Crippen LogP contribution in [0.4, 0.5) is 5.69 Å². The second kappa shape index (κ2) is 11.9. The first kappa shape index (κ1) is 27.0. The first-order valence-corrected chi connectivity index (χ1v) is 11.6. The quantitative estimate of drug-likeness (QED) is 0.330. The van der Waals surface area contributed by atoms with Gasteiger partial charge in [-0.25, -0.2) is 0 Å². The van der Waals surface area contributed by atoms with E-state index in [1.165, 1.54) is 6.38 Å². The number of carbonyl (C=O) groups is 1. The van der Waals surface area contributed by atoms with Crippen molar-refractivity contribution in [2.24, 2.45) is 0 Å². The molecule has 1 aliphatic heterocycles. The van der Waals surface area contributed by atoms with Gasteiger partial charge in [-0.2, -0.15) is 0 Å². The van der Waals surface area contributed by atoms with Crippen molar-refractivity contribution < 1.29 is 66.0 Å². The summed E-state index contributed by atoms with van der Waals surface area (Å²) in [5.74, 6) is 0.603. The largest absolute Gasteiger partial charge is 1.00 e. The third-order valence-corrected chi connectivity index (χ3v) is 5.85. The molecule has 0 aliphatic carbocycles. The maximum absolute atomic E-state index is 13.3. The maximum Gasteiger partial charge on any atom is 1.00 e. The van der Waals surface area contributed by atoms with Gasteiger partial charge >= 0.3 is 51.4 Å². The second-order valence-electron chi connectivity index (χ2n) is 8.21. The number of ether oxygens (including phenoxy) is 1. The second-order valence-corrected chi connectivity index (χ2v) is 8.21. The molecule has 5 rings (SSSR count). The minimum absolute atomic E-state index is 0. The van der Waals surface area contributed by atoms with Gasteiger partial charge in [-0.3, -0.25) is 4.79 Å². The topological polar surface area (TPSA) is 71.6 Å². The van der Waals surface area contributed by atoms with E-state index in [9.17, 15) is 9.90 Å². The van der Waals surface area contributed by atoms with Gasteiger partial charge < -0.3 is 24.6 Å². The zero-order valence-electron chi connectivity index (χ0n) is 20.0. The molecular weight excluding hydrogens is 477 g/mol. The zero-order chi connectivity index (χ0) is 23.5. The van der Waals surface area contributed by atoms with E-state index < -0.39 is 0 Å². The normalized spacial score (nSPS) is 12.3. The molecule has 0 fully saturated rings. The molecule has 0 saturated carbocycles. The standard InChI is InChI=1S/C25H25N3O3.CH3Cl.K/c1-27(2)11-12-31-17-7-8-21-16(13-17)14-22(26-21)25(30)28-10-9-19-18-5-3-4-6-20(18)24(29)15-23(19)28;1-2;/h3-8,13-15,26,29H,9-12H2,1-2H3;1H3;/q;;+1/p-1. The predicted octanol–water partition coefficient (Wildman–Crippen LogP) is 1.40. The molecule has 34 heavy (non-hydrogen) atoms. The van der Waals surface area contributed by atoms with Crippen LogP contribution in [0.15, 0.2) is 54.6 Å². The molecule has 8 heteroatoms. The number of carbonyl (C=O) groups excluding carboxylic acids is 1. The third kappa shape index (κ3) is 5.46. The van der Waals surface area contributed by atoms with E-state index in [4.69, 9.17) is 4.74 Å². The van der Waals surface area contributed by atoms with Crippen LogP contribution in [0.1, 0.15) is 16.1 Å². The third-order valence-electron chi connectivity index (χ3n) is 5.85. The minimum Gasteiger partial charge on any atom is -0.872 e. The number of aromatic nitrogens is 1. The summed E-state index contributed by atoms with van der Waals surface area (Å²) in [6.07, 6.45) is 2.21. The van der Waals surface area contributed by atoms with Gasteiger partial charge in [0.2, 0.25) is 0 Å². The number of amides is 1. The van der Waals surface area contributed by atoms with Gasteiger partial charge in [-0.15, -0.1) is 11.6 Å². The van der Waals surface area contributed by atoms with Crippen molar-refractivity contribution in [1.82, 2.24) is 9.88 Å². The number of hydrogen-bond acceptors (Lipinski definition) is 4. The number of halogens is 1. The fourth-order valence-electron chi connectivity index (χ4n) is 4.25. The fraction of sp³-hybridized carbons (Fsp3) is 0.269. The molecule has 0 radical (unpaired) electrons. The van der Waals surface area contributed by atoms with E-state index in [2.05, 4.69) is 21.5 Å². The zero-order valence-corrected chi connectivity index (χ0v) is 23.9. The molecule has 3 aromatic carbocycles. The summed E-state index contributed by atoms with van der Waals surface area (Å²) in [5, 5.41) is 15.2. The van der Waals surface area contributed by atoms with Crippen molar-refractivity contribution in [3.05, 3.63) is 65.9 Å². The number of nitrogens with one attached hydrogen (secondary N) is 1.